The van der Waals surface area contributed by atoms with Crippen LogP contribution in [0.25, 0.3) is 62.6 Å². The molecule has 0 unspecified atom stereocenters. The van der Waals surface area contributed by atoms with Gasteiger partial charge in [0.05, 0.1) is 0 Å². The van der Waals surface area contributed by atoms with Crippen molar-refractivity contribution in [1.29, 1.82) is 0 Å². The smallest absolute Gasteiger partial charge is 0.132 e. The van der Waals surface area contributed by atoms with Crippen LogP contribution in [0.1, 0.15) is 25.0 Å². The number of hydrogen-bond acceptors (Lipinski definition) is 3. The van der Waals surface area contributed by atoms with Gasteiger partial charge in [-0.05, 0) is 52.6 Å². The maximum Gasteiger partial charge on any atom is 0.132 e. The zero-order valence-electron chi connectivity index (χ0n) is 23.3. The Kier molecular flexibility index (Phi) is 5.06. The van der Waals surface area contributed by atoms with Crippen molar-refractivity contribution in [2.45, 2.75) is 19.3 Å². The number of hydrogen-bond donors (Lipinski definition) is 0. The number of thiophene rings is 2. The number of ether oxygens (including phenoxy) is 1. The zero-order chi connectivity index (χ0) is 28.0. The normalized spacial score (nSPS) is 13.9. The standard InChI is InChI=1S/C39H26OS2/c1-39(2)31-11-4-5-12-33(31)40-34-20-23(16-19-32(34)39)24-14-17-28-29-18-15-25(22-37(29)41-36(28)21-24)26-9-7-10-30-27-8-3-6-13-35(27)42-38(26)30/h3-22H,1-2H3. The highest BCUT2D eigenvalue weighted by Gasteiger charge is 2.34. The molecule has 0 amide bonds. The number of para-hydroxylation sites is 1. The van der Waals surface area contributed by atoms with Crippen molar-refractivity contribution in [3.63, 3.8) is 0 Å². The molecule has 0 spiro atoms. The minimum atomic E-state index is -0.101. The molecular formula is C39H26OS2. The fourth-order valence-corrected chi connectivity index (χ4v) is 9.16. The average Bonchev–Trinajstić information content (AvgIpc) is 3.58. The van der Waals surface area contributed by atoms with Crippen molar-refractivity contribution in [2.75, 3.05) is 0 Å². The number of fused-ring (bicyclic) bond motifs is 8. The lowest BCUT2D eigenvalue weighted by Crippen LogP contribution is -2.24. The van der Waals surface area contributed by atoms with E-state index < -0.39 is 0 Å². The van der Waals surface area contributed by atoms with Crippen molar-refractivity contribution >= 4 is 63.0 Å². The van der Waals surface area contributed by atoms with Crippen LogP contribution in [0.15, 0.2) is 121 Å². The summed E-state index contributed by atoms with van der Waals surface area (Å²) in [4.78, 5) is 0. The maximum atomic E-state index is 6.42. The van der Waals surface area contributed by atoms with Gasteiger partial charge in [0.2, 0.25) is 0 Å². The minimum Gasteiger partial charge on any atom is -0.457 e. The van der Waals surface area contributed by atoms with E-state index in [2.05, 4.69) is 129 Å². The van der Waals surface area contributed by atoms with Gasteiger partial charge in [-0.3, -0.25) is 0 Å². The van der Waals surface area contributed by atoms with E-state index in [9.17, 15) is 0 Å². The van der Waals surface area contributed by atoms with Gasteiger partial charge in [0.1, 0.15) is 11.5 Å². The van der Waals surface area contributed by atoms with Crippen LogP contribution in [0.2, 0.25) is 0 Å². The van der Waals surface area contributed by atoms with Gasteiger partial charge < -0.3 is 4.74 Å². The third kappa shape index (κ3) is 3.47. The van der Waals surface area contributed by atoms with Gasteiger partial charge in [-0.1, -0.05) is 105 Å². The van der Waals surface area contributed by atoms with Gasteiger partial charge in [-0.25, -0.2) is 0 Å². The monoisotopic (exact) mass is 574 g/mol. The molecule has 0 fully saturated rings. The van der Waals surface area contributed by atoms with Crippen LogP contribution in [-0.2, 0) is 5.41 Å². The Bertz CT molecular complexity index is 2370. The summed E-state index contributed by atoms with van der Waals surface area (Å²) in [5.74, 6) is 1.90. The Morgan fingerprint density at radius 1 is 0.476 bits per heavy atom. The molecule has 0 atom stereocenters. The Labute approximate surface area is 252 Å². The second-order valence-electron chi connectivity index (χ2n) is 11.7. The largest absolute Gasteiger partial charge is 0.457 e. The Morgan fingerprint density at radius 2 is 1.12 bits per heavy atom. The van der Waals surface area contributed by atoms with E-state index in [4.69, 9.17) is 4.74 Å². The molecule has 9 rings (SSSR count). The van der Waals surface area contributed by atoms with E-state index in [1.165, 1.54) is 73.7 Å². The van der Waals surface area contributed by atoms with Crippen molar-refractivity contribution < 1.29 is 4.74 Å². The molecule has 42 heavy (non-hydrogen) atoms. The maximum absolute atomic E-state index is 6.42. The third-order valence-electron chi connectivity index (χ3n) is 8.96. The first kappa shape index (κ1) is 24.2. The van der Waals surface area contributed by atoms with Crippen LogP contribution in [0.3, 0.4) is 0 Å². The highest BCUT2D eigenvalue weighted by Crippen LogP contribution is 2.49. The zero-order valence-corrected chi connectivity index (χ0v) is 24.9. The lowest BCUT2D eigenvalue weighted by Gasteiger charge is -2.34. The quantitative estimate of drug-likeness (QED) is 0.199. The summed E-state index contributed by atoms with van der Waals surface area (Å²) >= 11 is 3.77. The fourth-order valence-electron chi connectivity index (χ4n) is 6.74. The summed E-state index contributed by atoms with van der Waals surface area (Å²) in [6, 6.07) is 44.4. The van der Waals surface area contributed by atoms with Crippen LogP contribution in [-0.4, -0.2) is 0 Å². The molecule has 0 radical (unpaired) electrons. The van der Waals surface area contributed by atoms with E-state index in [0.717, 1.165) is 11.5 Å². The van der Waals surface area contributed by atoms with Gasteiger partial charge in [-0.15, -0.1) is 22.7 Å². The SMILES string of the molecule is CC1(C)c2ccccc2Oc2cc(-c3ccc4c(c3)sc3cc(-c5cccc6c5sc5ccccc56)ccc34)ccc21. The van der Waals surface area contributed by atoms with Gasteiger partial charge in [-0.2, -0.15) is 0 Å². The molecule has 0 bridgehead atoms. The van der Waals surface area contributed by atoms with E-state index in [1.54, 1.807) is 0 Å². The highest BCUT2D eigenvalue weighted by molar-refractivity contribution is 7.26. The average molecular weight is 575 g/mol. The Morgan fingerprint density at radius 3 is 2.00 bits per heavy atom. The number of benzene rings is 6. The molecule has 1 aliphatic rings. The molecular weight excluding hydrogens is 549 g/mol. The first-order chi connectivity index (χ1) is 20.5. The molecule has 0 aliphatic carbocycles. The van der Waals surface area contributed by atoms with Crippen molar-refractivity contribution in [3.05, 3.63) is 132 Å². The second-order valence-corrected chi connectivity index (χ2v) is 13.9. The van der Waals surface area contributed by atoms with Crippen LogP contribution in [0, 0.1) is 0 Å². The molecule has 0 N–H and O–H groups in total. The van der Waals surface area contributed by atoms with Gasteiger partial charge >= 0.3 is 0 Å². The van der Waals surface area contributed by atoms with Crippen molar-refractivity contribution in [1.82, 2.24) is 0 Å². The summed E-state index contributed by atoms with van der Waals surface area (Å²) in [5.41, 5.74) is 7.35. The Hall–Kier alpha value is -4.44. The minimum absolute atomic E-state index is 0.101. The molecule has 6 aromatic carbocycles. The topological polar surface area (TPSA) is 9.23 Å². The van der Waals surface area contributed by atoms with E-state index >= 15 is 0 Å². The van der Waals surface area contributed by atoms with Crippen LogP contribution >= 0.6 is 22.7 Å². The van der Waals surface area contributed by atoms with Crippen LogP contribution in [0.4, 0.5) is 0 Å². The van der Waals surface area contributed by atoms with E-state index in [1.807, 2.05) is 28.7 Å². The molecule has 3 heterocycles. The fraction of sp³-hybridized carbons (Fsp3) is 0.0769. The lowest BCUT2D eigenvalue weighted by molar-refractivity contribution is 0.418. The summed E-state index contributed by atoms with van der Waals surface area (Å²) < 4.78 is 11.8. The molecule has 2 aromatic heterocycles. The first-order valence-corrected chi connectivity index (χ1v) is 16.0. The predicted octanol–water partition coefficient (Wildman–Crippen LogP) is 12.2. The lowest BCUT2D eigenvalue weighted by atomic mass is 9.75. The molecule has 1 nitrogen and oxygen atoms in total. The van der Waals surface area contributed by atoms with Gasteiger partial charge in [0.15, 0.2) is 0 Å². The van der Waals surface area contributed by atoms with Crippen molar-refractivity contribution in [3.8, 4) is 33.8 Å². The Balaban J connectivity index is 1.13. The molecule has 0 saturated carbocycles. The summed E-state index contributed by atoms with van der Waals surface area (Å²) in [7, 11) is 0. The van der Waals surface area contributed by atoms with E-state index in [0.29, 0.717) is 0 Å². The van der Waals surface area contributed by atoms with E-state index in [-0.39, 0.29) is 5.41 Å². The summed E-state index contributed by atoms with van der Waals surface area (Å²) in [5, 5.41) is 5.32. The second kappa shape index (κ2) is 8.78. The molecule has 8 aromatic rings. The van der Waals surface area contributed by atoms with Crippen molar-refractivity contribution in [2.24, 2.45) is 0 Å². The molecule has 1 aliphatic heterocycles. The molecule has 3 heteroatoms. The van der Waals surface area contributed by atoms with Gasteiger partial charge in [0.25, 0.3) is 0 Å². The first-order valence-electron chi connectivity index (χ1n) is 14.3. The highest BCUT2D eigenvalue weighted by atomic mass is 32.1. The third-order valence-corrected chi connectivity index (χ3v) is 11.3. The predicted molar refractivity (Wildman–Crippen MR) is 182 cm³/mol. The summed E-state index contributed by atoms with van der Waals surface area (Å²) in [6.45, 7) is 4.57. The number of rotatable bonds is 2. The molecule has 200 valence electrons. The molecule has 0 saturated heterocycles. The van der Waals surface area contributed by atoms with Crippen LogP contribution < -0.4 is 4.74 Å². The van der Waals surface area contributed by atoms with Gasteiger partial charge in [0, 0.05) is 56.9 Å². The van der Waals surface area contributed by atoms with Crippen LogP contribution in [0.5, 0.6) is 11.5 Å². The summed E-state index contributed by atoms with van der Waals surface area (Å²) in [6.07, 6.45) is 0.